The van der Waals surface area contributed by atoms with Crippen molar-refractivity contribution in [3.63, 3.8) is 0 Å². The lowest BCUT2D eigenvalue weighted by Crippen LogP contribution is -2.28. The Balaban J connectivity index is 2.52. The molecule has 0 aromatic heterocycles. The number of benzene rings is 1. The Hall–Kier alpha value is -1.29. The highest BCUT2D eigenvalue weighted by atomic mass is 32.1. The van der Waals surface area contributed by atoms with Crippen molar-refractivity contribution in [3.8, 4) is 5.75 Å². The van der Waals surface area contributed by atoms with Crippen molar-refractivity contribution in [1.29, 1.82) is 0 Å². The van der Waals surface area contributed by atoms with E-state index in [1.54, 1.807) is 0 Å². The molecule has 16 heavy (non-hydrogen) atoms. The van der Waals surface area contributed by atoms with E-state index in [2.05, 4.69) is 17.6 Å². The second kappa shape index (κ2) is 7.06. The Kier molecular flexibility index (Phi) is 5.64. The molecule has 0 spiro atoms. The molecule has 0 aliphatic carbocycles. The number of thiocarbonyl (C=S) groups is 1. The fourth-order valence-electron chi connectivity index (χ4n) is 1.24. The number of hydrogen-bond donors (Lipinski definition) is 2. The zero-order valence-corrected chi connectivity index (χ0v) is 10.6. The summed E-state index contributed by atoms with van der Waals surface area (Å²) in [4.78, 5) is 0. The predicted molar refractivity (Wildman–Crippen MR) is 72.1 cm³/mol. The average molecular weight is 238 g/mol. The van der Waals surface area contributed by atoms with Gasteiger partial charge in [0.05, 0.1) is 6.61 Å². The van der Waals surface area contributed by atoms with Crippen molar-refractivity contribution in [2.45, 2.75) is 20.3 Å². The van der Waals surface area contributed by atoms with Crippen LogP contribution in [0.1, 0.15) is 20.3 Å². The van der Waals surface area contributed by atoms with E-state index in [-0.39, 0.29) is 0 Å². The molecule has 0 heterocycles. The normalized spacial score (nSPS) is 9.62. The highest BCUT2D eigenvalue weighted by molar-refractivity contribution is 7.80. The Bertz CT molecular complexity index is 342. The molecular formula is C12H18N2OS. The van der Waals surface area contributed by atoms with Crippen LogP contribution in [0.5, 0.6) is 5.75 Å². The fourth-order valence-corrected chi connectivity index (χ4v) is 1.46. The summed E-state index contributed by atoms with van der Waals surface area (Å²) in [5, 5.41) is 6.88. The van der Waals surface area contributed by atoms with E-state index in [1.165, 1.54) is 0 Å². The van der Waals surface area contributed by atoms with Crippen molar-refractivity contribution in [3.05, 3.63) is 24.3 Å². The number of rotatable bonds is 5. The van der Waals surface area contributed by atoms with Gasteiger partial charge in [0.25, 0.3) is 0 Å². The highest BCUT2D eigenvalue weighted by Gasteiger charge is 1.98. The van der Waals surface area contributed by atoms with Gasteiger partial charge in [-0.15, -0.1) is 0 Å². The van der Waals surface area contributed by atoms with Crippen LogP contribution in [0.25, 0.3) is 0 Å². The van der Waals surface area contributed by atoms with Gasteiger partial charge in [-0.3, -0.25) is 0 Å². The largest absolute Gasteiger partial charge is 0.494 e. The van der Waals surface area contributed by atoms with Gasteiger partial charge >= 0.3 is 0 Å². The van der Waals surface area contributed by atoms with Crippen molar-refractivity contribution in [2.75, 3.05) is 18.5 Å². The summed E-state index contributed by atoms with van der Waals surface area (Å²) in [5.41, 5.74) is 0.944. The zero-order valence-electron chi connectivity index (χ0n) is 9.75. The first-order valence-corrected chi connectivity index (χ1v) is 5.94. The number of anilines is 1. The summed E-state index contributed by atoms with van der Waals surface area (Å²) >= 11 is 5.15. The molecule has 0 aliphatic rings. The minimum atomic E-state index is 0.649. The summed E-state index contributed by atoms with van der Waals surface area (Å²) < 4.78 is 5.41. The van der Waals surface area contributed by atoms with Crippen LogP contribution in [-0.4, -0.2) is 18.3 Å². The number of hydrogen-bond acceptors (Lipinski definition) is 2. The number of ether oxygens (including phenoxy) is 1. The standard InChI is InChI=1S/C12H18N2OS/c1-3-8-13-12(16)14-10-6-5-7-11(9-10)15-4-2/h5-7,9H,3-4,8H2,1-2H3,(H2,13,14,16). The van der Waals surface area contributed by atoms with Crippen LogP contribution in [0.2, 0.25) is 0 Å². The zero-order chi connectivity index (χ0) is 11.8. The van der Waals surface area contributed by atoms with E-state index in [0.29, 0.717) is 11.7 Å². The van der Waals surface area contributed by atoms with Crippen LogP contribution >= 0.6 is 12.2 Å². The molecule has 4 heteroatoms. The van der Waals surface area contributed by atoms with E-state index >= 15 is 0 Å². The van der Waals surface area contributed by atoms with E-state index < -0.39 is 0 Å². The molecule has 0 atom stereocenters. The summed E-state index contributed by atoms with van der Waals surface area (Å²) in [5.74, 6) is 0.853. The Morgan fingerprint density at radius 1 is 1.38 bits per heavy atom. The lowest BCUT2D eigenvalue weighted by Gasteiger charge is -2.10. The molecule has 0 saturated carbocycles. The third kappa shape index (κ3) is 4.49. The van der Waals surface area contributed by atoms with Gasteiger partial charge in [0, 0.05) is 18.3 Å². The van der Waals surface area contributed by atoms with Crippen LogP contribution in [-0.2, 0) is 0 Å². The third-order valence-electron chi connectivity index (χ3n) is 1.94. The van der Waals surface area contributed by atoms with E-state index in [9.17, 15) is 0 Å². The molecule has 2 N–H and O–H groups in total. The molecular weight excluding hydrogens is 220 g/mol. The maximum absolute atomic E-state index is 5.41. The van der Waals surface area contributed by atoms with Gasteiger partial charge < -0.3 is 15.4 Å². The second-order valence-electron chi connectivity index (χ2n) is 3.34. The molecule has 0 bridgehead atoms. The first kappa shape index (κ1) is 12.8. The first-order valence-electron chi connectivity index (χ1n) is 5.54. The molecule has 0 amide bonds. The van der Waals surface area contributed by atoms with E-state index in [0.717, 1.165) is 24.4 Å². The number of nitrogens with one attached hydrogen (secondary N) is 2. The van der Waals surface area contributed by atoms with Gasteiger partial charge in [0.2, 0.25) is 0 Å². The highest BCUT2D eigenvalue weighted by Crippen LogP contribution is 2.16. The molecule has 0 aliphatic heterocycles. The van der Waals surface area contributed by atoms with Crippen molar-refractivity contribution in [2.24, 2.45) is 0 Å². The minimum Gasteiger partial charge on any atom is -0.494 e. The Morgan fingerprint density at radius 3 is 2.88 bits per heavy atom. The topological polar surface area (TPSA) is 33.3 Å². The molecule has 0 fully saturated rings. The van der Waals surface area contributed by atoms with Crippen molar-refractivity contribution < 1.29 is 4.74 Å². The van der Waals surface area contributed by atoms with Crippen LogP contribution in [0.15, 0.2) is 24.3 Å². The van der Waals surface area contributed by atoms with Crippen LogP contribution < -0.4 is 15.4 Å². The first-order chi connectivity index (χ1) is 7.76. The summed E-state index contributed by atoms with van der Waals surface area (Å²) in [7, 11) is 0. The predicted octanol–water partition coefficient (Wildman–Crippen LogP) is 2.78. The van der Waals surface area contributed by atoms with E-state index in [1.807, 2.05) is 31.2 Å². The fraction of sp³-hybridized carbons (Fsp3) is 0.417. The Labute approximate surface area is 102 Å². The van der Waals surface area contributed by atoms with Gasteiger partial charge in [0.15, 0.2) is 5.11 Å². The molecule has 1 rings (SSSR count). The summed E-state index contributed by atoms with van der Waals surface area (Å²) in [6.45, 7) is 5.62. The minimum absolute atomic E-state index is 0.649. The van der Waals surface area contributed by atoms with Gasteiger partial charge in [-0.2, -0.15) is 0 Å². The quantitative estimate of drug-likeness (QED) is 0.773. The van der Waals surface area contributed by atoms with Crippen molar-refractivity contribution in [1.82, 2.24) is 5.32 Å². The van der Waals surface area contributed by atoms with Crippen LogP contribution in [0, 0.1) is 0 Å². The van der Waals surface area contributed by atoms with Crippen LogP contribution in [0.3, 0.4) is 0 Å². The maximum Gasteiger partial charge on any atom is 0.170 e. The Morgan fingerprint density at radius 2 is 2.19 bits per heavy atom. The lowest BCUT2D eigenvalue weighted by molar-refractivity contribution is 0.340. The van der Waals surface area contributed by atoms with E-state index in [4.69, 9.17) is 17.0 Å². The average Bonchev–Trinajstić information content (AvgIpc) is 2.27. The van der Waals surface area contributed by atoms with Gasteiger partial charge in [-0.05, 0) is 37.7 Å². The second-order valence-corrected chi connectivity index (χ2v) is 3.75. The van der Waals surface area contributed by atoms with Gasteiger partial charge in [-0.25, -0.2) is 0 Å². The molecule has 0 saturated heterocycles. The smallest absolute Gasteiger partial charge is 0.170 e. The molecule has 88 valence electrons. The summed E-state index contributed by atoms with van der Waals surface area (Å²) in [6.07, 6.45) is 1.06. The lowest BCUT2D eigenvalue weighted by atomic mass is 10.3. The van der Waals surface area contributed by atoms with Crippen molar-refractivity contribution >= 4 is 23.0 Å². The molecule has 1 aromatic rings. The molecule has 0 unspecified atom stereocenters. The SMILES string of the molecule is CCCNC(=S)Nc1cccc(OCC)c1. The molecule has 3 nitrogen and oxygen atoms in total. The third-order valence-corrected chi connectivity index (χ3v) is 2.18. The monoisotopic (exact) mass is 238 g/mol. The van der Waals surface area contributed by atoms with Crippen LogP contribution in [0.4, 0.5) is 5.69 Å². The van der Waals surface area contributed by atoms with Gasteiger partial charge in [0.1, 0.15) is 5.75 Å². The molecule has 1 aromatic carbocycles. The molecule has 0 radical (unpaired) electrons. The van der Waals surface area contributed by atoms with Gasteiger partial charge in [-0.1, -0.05) is 13.0 Å². The maximum atomic E-state index is 5.41. The summed E-state index contributed by atoms with van der Waals surface area (Å²) in [6, 6.07) is 7.76.